The van der Waals surface area contributed by atoms with Gasteiger partial charge in [-0.25, -0.2) is 9.37 Å². The van der Waals surface area contributed by atoms with E-state index >= 15 is 0 Å². The standard InChI is InChI=1S/C27H24ClFN4O2/c1-33-16-15-30-26(33)25(19-11-13-20(29)14-12-19)32-24(34)17-23(18-7-3-2-4-8-18)31-27(35)21-9-5-6-10-22(21)28/h2-16,23,25H,17H2,1H3,(H,31,35)(H,32,34). The fourth-order valence-electron chi connectivity index (χ4n) is 3.83. The zero-order chi connectivity index (χ0) is 24.8. The Morgan fingerprint density at radius 2 is 1.63 bits per heavy atom. The van der Waals surface area contributed by atoms with Crippen molar-refractivity contribution in [2.24, 2.45) is 7.05 Å². The minimum atomic E-state index is -0.602. The summed E-state index contributed by atoms with van der Waals surface area (Å²) in [7, 11) is 1.82. The first-order chi connectivity index (χ1) is 16.9. The maximum Gasteiger partial charge on any atom is 0.253 e. The van der Waals surface area contributed by atoms with Crippen molar-refractivity contribution >= 4 is 23.4 Å². The van der Waals surface area contributed by atoms with E-state index in [9.17, 15) is 14.0 Å². The smallest absolute Gasteiger partial charge is 0.253 e. The molecule has 0 saturated heterocycles. The van der Waals surface area contributed by atoms with Crippen molar-refractivity contribution < 1.29 is 14.0 Å². The minimum Gasteiger partial charge on any atom is -0.345 e. The van der Waals surface area contributed by atoms with E-state index in [0.717, 1.165) is 5.56 Å². The van der Waals surface area contributed by atoms with Gasteiger partial charge in [0.15, 0.2) is 0 Å². The third-order valence-corrected chi connectivity index (χ3v) is 5.97. The van der Waals surface area contributed by atoms with Crippen LogP contribution in [0.2, 0.25) is 5.02 Å². The Bertz CT molecular complexity index is 1310. The Balaban J connectivity index is 1.57. The van der Waals surface area contributed by atoms with Crippen LogP contribution < -0.4 is 10.6 Å². The molecule has 2 unspecified atom stereocenters. The highest BCUT2D eigenvalue weighted by Gasteiger charge is 2.25. The largest absolute Gasteiger partial charge is 0.345 e. The predicted octanol–water partition coefficient (Wildman–Crippen LogP) is 4.98. The van der Waals surface area contributed by atoms with Crippen molar-refractivity contribution in [1.82, 2.24) is 20.2 Å². The van der Waals surface area contributed by atoms with E-state index in [0.29, 0.717) is 22.0 Å². The molecule has 0 spiro atoms. The van der Waals surface area contributed by atoms with Gasteiger partial charge in [0.25, 0.3) is 5.91 Å². The van der Waals surface area contributed by atoms with Gasteiger partial charge in [0.1, 0.15) is 17.7 Å². The van der Waals surface area contributed by atoms with Crippen molar-refractivity contribution in [1.29, 1.82) is 0 Å². The van der Waals surface area contributed by atoms with E-state index in [4.69, 9.17) is 11.6 Å². The Hall–Kier alpha value is -3.97. The van der Waals surface area contributed by atoms with Gasteiger partial charge in [-0.3, -0.25) is 9.59 Å². The zero-order valence-corrected chi connectivity index (χ0v) is 19.7. The Kier molecular flexibility index (Phi) is 7.57. The molecule has 0 radical (unpaired) electrons. The fourth-order valence-corrected chi connectivity index (χ4v) is 4.05. The molecule has 178 valence electrons. The van der Waals surface area contributed by atoms with Gasteiger partial charge >= 0.3 is 0 Å². The summed E-state index contributed by atoms with van der Waals surface area (Å²) in [5, 5.41) is 6.26. The van der Waals surface area contributed by atoms with Crippen LogP contribution in [-0.4, -0.2) is 21.4 Å². The van der Waals surface area contributed by atoms with Crippen LogP contribution in [0.25, 0.3) is 0 Å². The second kappa shape index (κ2) is 11.0. The molecule has 0 aliphatic rings. The van der Waals surface area contributed by atoms with E-state index in [1.807, 2.05) is 37.4 Å². The molecule has 4 rings (SSSR count). The van der Waals surface area contributed by atoms with Gasteiger partial charge in [-0.05, 0) is 35.4 Å². The molecule has 6 nitrogen and oxygen atoms in total. The number of hydrogen-bond donors (Lipinski definition) is 2. The number of nitrogens with one attached hydrogen (secondary N) is 2. The highest BCUT2D eigenvalue weighted by Crippen LogP contribution is 2.24. The zero-order valence-electron chi connectivity index (χ0n) is 19.0. The van der Waals surface area contributed by atoms with Crippen molar-refractivity contribution in [3.63, 3.8) is 0 Å². The van der Waals surface area contributed by atoms with Crippen molar-refractivity contribution in [2.75, 3.05) is 0 Å². The molecule has 0 bridgehead atoms. The molecule has 0 aliphatic heterocycles. The SMILES string of the molecule is Cn1ccnc1C(NC(=O)CC(NC(=O)c1ccccc1Cl)c1ccccc1)c1ccc(F)cc1. The van der Waals surface area contributed by atoms with Gasteiger partial charge < -0.3 is 15.2 Å². The molecule has 2 N–H and O–H groups in total. The van der Waals surface area contributed by atoms with Crippen LogP contribution in [0.15, 0.2) is 91.3 Å². The fraction of sp³-hybridized carbons (Fsp3) is 0.148. The van der Waals surface area contributed by atoms with Crippen LogP contribution in [0, 0.1) is 5.82 Å². The Labute approximate surface area is 207 Å². The Morgan fingerprint density at radius 3 is 2.29 bits per heavy atom. The lowest BCUT2D eigenvalue weighted by molar-refractivity contribution is -0.122. The third-order valence-electron chi connectivity index (χ3n) is 5.64. The van der Waals surface area contributed by atoms with Crippen LogP contribution in [0.5, 0.6) is 0 Å². The molecule has 0 fully saturated rings. The number of aromatic nitrogens is 2. The second-order valence-corrected chi connectivity index (χ2v) is 8.48. The first-order valence-electron chi connectivity index (χ1n) is 11.0. The van der Waals surface area contributed by atoms with Crippen LogP contribution in [0.3, 0.4) is 0 Å². The van der Waals surface area contributed by atoms with Crippen molar-refractivity contribution in [3.8, 4) is 0 Å². The van der Waals surface area contributed by atoms with E-state index in [1.54, 1.807) is 53.4 Å². The number of aryl methyl sites for hydroxylation is 1. The summed E-state index contributed by atoms with van der Waals surface area (Å²) in [6.07, 6.45) is 3.38. The first-order valence-corrected chi connectivity index (χ1v) is 11.4. The van der Waals surface area contributed by atoms with Crippen LogP contribution in [0.4, 0.5) is 4.39 Å². The minimum absolute atomic E-state index is 0.0255. The van der Waals surface area contributed by atoms with E-state index in [-0.39, 0.29) is 24.1 Å². The summed E-state index contributed by atoms with van der Waals surface area (Å²) in [6, 6.07) is 20.7. The lowest BCUT2D eigenvalue weighted by Crippen LogP contribution is -2.36. The summed E-state index contributed by atoms with van der Waals surface area (Å²) in [5.41, 5.74) is 1.79. The van der Waals surface area contributed by atoms with Gasteiger partial charge in [0.2, 0.25) is 5.91 Å². The molecule has 4 aromatic rings. The lowest BCUT2D eigenvalue weighted by atomic mass is 10.0. The Morgan fingerprint density at radius 1 is 0.943 bits per heavy atom. The number of carbonyl (C=O) groups is 2. The summed E-state index contributed by atoms with van der Waals surface area (Å²) < 4.78 is 15.3. The van der Waals surface area contributed by atoms with Crippen molar-refractivity contribution in [3.05, 3.63) is 125 Å². The quantitative estimate of drug-likeness (QED) is 0.366. The monoisotopic (exact) mass is 490 g/mol. The molecule has 0 aliphatic carbocycles. The molecular formula is C27H24ClFN4O2. The molecule has 8 heteroatoms. The van der Waals surface area contributed by atoms with Crippen LogP contribution in [0.1, 0.15) is 45.8 Å². The van der Waals surface area contributed by atoms with Crippen LogP contribution >= 0.6 is 11.6 Å². The van der Waals surface area contributed by atoms with E-state index in [1.165, 1.54) is 12.1 Å². The van der Waals surface area contributed by atoms with Gasteiger partial charge in [-0.2, -0.15) is 0 Å². The summed E-state index contributed by atoms with van der Waals surface area (Å²) >= 11 is 6.20. The number of rotatable bonds is 8. The third kappa shape index (κ3) is 5.94. The number of carbonyl (C=O) groups excluding carboxylic acids is 2. The summed E-state index contributed by atoms with van der Waals surface area (Å²) in [6.45, 7) is 0. The summed E-state index contributed by atoms with van der Waals surface area (Å²) in [4.78, 5) is 30.6. The number of nitrogens with zero attached hydrogens (tertiary/aromatic N) is 2. The average Bonchev–Trinajstić information content (AvgIpc) is 3.29. The molecule has 2 amide bonds. The number of benzene rings is 3. The molecule has 2 atom stereocenters. The number of hydrogen-bond acceptors (Lipinski definition) is 3. The lowest BCUT2D eigenvalue weighted by Gasteiger charge is -2.23. The highest BCUT2D eigenvalue weighted by atomic mass is 35.5. The maximum atomic E-state index is 13.5. The first kappa shape index (κ1) is 24.2. The van der Waals surface area contributed by atoms with Gasteiger partial charge in [-0.1, -0.05) is 66.2 Å². The van der Waals surface area contributed by atoms with E-state index in [2.05, 4.69) is 15.6 Å². The molecular weight excluding hydrogens is 467 g/mol. The predicted molar refractivity (Wildman–Crippen MR) is 132 cm³/mol. The average molecular weight is 491 g/mol. The van der Waals surface area contributed by atoms with Crippen molar-refractivity contribution in [2.45, 2.75) is 18.5 Å². The van der Waals surface area contributed by atoms with Crippen LogP contribution in [-0.2, 0) is 11.8 Å². The molecule has 1 heterocycles. The molecule has 35 heavy (non-hydrogen) atoms. The van der Waals surface area contributed by atoms with Gasteiger partial charge in [-0.15, -0.1) is 0 Å². The normalized spacial score (nSPS) is 12.5. The molecule has 0 saturated carbocycles. The summed E-state index contributed by atoms with van der Waals surface area (Å²) in [5.74, 6) is -0.460. The van der Waals surface area contributed by atoms with Gasteiger partial charge in [0, 0.05) is 19.4 Å². The topological polar surface area (TPSA) is 76.0 Å². The number of amides is 2. The molecule has 3 aromatic carbocycles. The highest BCUT2D eigenvalue weighted by molar-refractivity contribution is 6.33. The van der Waals surface area contributed by atoms with Gasteiger partial charge in [0.05, 0.1) is 23.0 Å². The second-order valence-electron chi connectivity index (χ2n) is 8.07. The number of imidazole rings is 1. The maximum absolute atomic E-state index is 13.5. The van der Waals surface area contributed by atoms with E-state index < -0.39 is 12.1 Å². The molecule has 1 aromatic heterocycles. The number of halogens is 2.